The van der Waals surface area contributed by atoms with Gasteiger partial charge in [-0.05, 0) is 43.9 Å². The van der Waals surface area contributed by atoms with Gasteiger partial charge in [-0.15, -0.1) is 0 Å². The number of hydrogen-bond acceptors (Lipinski definition) is 4. The molecule has 1 fully saturated rings. The van der Waals surface area contributed by atoms with Crippen LogP contribution in [-0.4, -0.2) is 41.6 Å². The third kappa shape index (κ3) is 2.76. The molecule has 0 unspecified atom stereocenters. The Hall–Kier alpha value is -2.04. The van der Waals surface area contributed by atoms with Gasteiger partial charge in [0.05, 0.1) is 12.7 Å². The lowest BCUT2D eigenvalue weighted by Gasteiger charge is -2.33. The normalized spacial score (nSPS) is 18.7. The lowest BCUT2D eigenvalue weighted by Crippen LogP contribution is -2.48. The second kappa shape index (κ2) is 5.94. The van der Waals surface area contributed by atoms with E-state index in [0.717, 1.165) is 18.4 Å². The molecular formula is C15H19NO4. The maximum absolute atomic E-state index is 12.5. The van der Waals surface area contributed by atoms with Crippen molar-refractivity contribution in [3.63, 3.8) is 0 Å². The van der Waals surface area contributed by atoms with Gasteiger partial charge in [0.1, 0.15) is 11.8 Å². The van der Waals surface area contributed by atoms with Crippen LogP contribution in [0.2, 0.25) is 0 Å². The van der Waals surface area contributed by atoms with Crippen LogP contribution >= 0.6 is 0 Å². The molecule has 1 N–H and O–H groups in total. The number of rotatable bonds is 2. The minimum Gasteiger partial charge on any atom is -0.507 e. The first-order chi connectivity index (χ1) is 9.54. The first-order valence-corrected chi connectivity index (χ1v) is 6.73. The molecule has 1 atom stereocenters. The fourth-order valence-electron chi connectivity index (χ4n) is 2.53. The van der Waals surface area contributed by atoms with Crippen LogP contribution in [0.1, 0.15) is 35.2 Å². The summed E-state index contributed by atoms with van der Waals surface area (Å²) in [4.78, 5) is 25.8. The molecule has 1 aromatic carbocycles. The van der Waals surface area contributed by atoms with Gasteiger partial charge in [0.2, 0.25) is 0 Å². The molecule has 1 aliphatic rings. The minimum atomic E-state index is -0.554. The van der Waals surface area contributed by atoms with Gasteiger partial charge in [0, 0.05) is 6.54 Å². The Kier molecular flexibility index (Phi) is 4.27. The van der Waals surface area contributed by atoms with Crippen LogP contribution in [0.15, 0.2) is 18.2 Å². The monoisotopic (exact) mass is 277 g/mol. The van der Waals surface area contributed by atoms with E-state index in [9.17, 15) is 14.7 Å². The molecule has 2 rings (SSSR count). The molecule has 5 nitrogen and oxygen atoms in total. The van der Waals surface area contributed by atoms with Gasteiger partial charge in [0.15, 0.2) is 0 Å². The number of methoxy groups -OCH3 is 1. The van der Waals surface area contributed by atoms with Gasteiger partial charge < -0.3 is 14.7 Å². The number of benzene rings is 1. The summed E-state index contributed by atoms with van der Waals surface area (Å²) in [5, 5.41) is 9.91. The van der Waals surface area contributed by atoms with Crippen molar-refractivity contribution in [2.45, 2.75) is 32.2 Å². The number of phenolic OH excluding ortho intramolecular Hbond substituents is 1. The third-order valence-corrected chi connectivity index (χ3v) is 3.62. The van der Waals surface area contributed by atoms with Crippen molar-refractivity contribution in [2.75, 3.05) is 13.7 Å². The Morgan fingerprint density at radius 3 is 2.75 bits per heavy atom. The molecule has 1 heterocycles. The van der Waals surface area contributed by atoms with Gasteiger partial charge in [0.25, 0.3) is 5.91 Å². The second-order valence-corrected chi connectivity index (χ2v) is 5.05. The number of carbonyl (C=O) groups excluding carboxylic acids is 2. The number of piperidine rings is 1. The third-order valence-electron chi connectivity index (χ3n) is 3.62. The number of aromatic hydroxyl groups is 1. The van der Waals surface area contributed by atoms with Crippen molar-refractivity contribution in [3.05, 3.63) is 29.3 Å². The smallest absolute Gasteiger partial charge is 0.328 e. The van der Waals surface area contributed by atoms with Crippen LogP contribution in [0.4, 0.5) is 0 Å². The topological polar surface area (TPSA) is 66.8 Å². The van der Waals surface area contributed by atoms with Gasteiger partial charge in [-0.2, -0.15) is 0 Å². The fourth-order valence-corrected chi connectivity index (χ4v) is 2.53. The molecule has 20 heavy (non-hydrogen) atoms. The van der Waals surface area contributed by atoms with E-state index in [1.807, 2.05) is 6.92 Å². The quantitative estimate of drug-likeness (QED) is 0.838. The first kappa shape index (κ1) is 14.4. The van der Waals surface area contributed by atoms with Gasteiger partial charge in [-0.25, -0.2) is 4.79 Å². The summed E-state index contributed by atoms with van der Waals surface area (Å²) in [5.74, 6) is -0.772. The second-order valence-electron chi connectivity index (χ2n) is 5.05. The fraction of sp³-hybridized carbons (Fsp3) is 0.467. The van der Waals surface area contributed by atoms with Gasteiger partial charge in [-0.3, -0.25) is 4.79 Å². The average Bonchev–Trinajstić information content (AvgIpc) is 2.46. The lowest BCUT2D eigenvalue weighted by molar-refractivity contribution is -0.147. The summed E-state index contributed by atoms with van der Waals surface area (Å²) >= 11 is 0. The number of phenols is 1. The number of amides is 1. The summed E-state index contributed by atoms with van der Waals surface area (Å²) < 4.78 is 4.76. The van der Waals surface area contributed by atoms with Crippen LogP contribution in [0, 0.1) is 6.92 Å². The van der Waals surface area contributed by atoms with Crippen LogP contribution in [0.3, 0.4) is 0 Å². The van der Waals surface area contributed by atoms with E-state index in [1.54, 1.807) is 18.2 Å². The van der Waals surface area contributed by atoms with Crippen molar-refractivity contribution in [1.82, 2.24) is 4.90 Å². The molecule has 1 saturated heterocycles. The van der Waals surface area contributed by atoms with E-state index in [0.29, 0.717) is 13.0 Å². The van der Waals surface area contributed by atoms with E-state index in [2.05, 4.69) is 0 Å². The molecule has 0 bridgehead atoms. The predicted octanol–water partition coefficient (Wildman–Crippen LogP) is 1.87. The SMILES string of the molecule is COC(=O)[C@H]1CCCCN1C(=O)c1ccc(C)cc1O. The molecule has 1 amide bonds. The first-order valence-electron chi connectivity index (χ1n) is 6.73. The molecule has 1 aliphatic heterocycles. The standard InChI is InChI=1S/C15H19NO4/c1-10-6-7-11(13(17)9-10)14(18)16-8-4-3-5-12(16)15(19)20-2/h6-7,9,12,17H,3-5,8H2,1-2H3/t12-/m1/s1. The molecule has 0 aromatic heterocycles. The number of hydrogen-bond donors (Lipinski definition) is 1. The van der Waals surface area contributed by atoms with Gasteiger partial charge >= 0.3 is 5.97 Å². The van der Waals surface area contributed by atoms with E-state index in [4.69, 9.17) is 4.74 Å². The summed E-state index contributed by atoms with van der Waals surface area (Å²) in [6.07, 6.45) is 2.35. The highest BCUT2D eigenvalue weighted by atomic mass is 16.5. The Balaban J connectivity index is 2.27. The zero-order valence-electron chi connectivity index (χ0n) is 11.8. The van der Waals surface area contributed by atoms with Gasteiger partial charge in [-0.1, -0.05) is 6.07 Å². The summed E-state index contributed by atoms with van der Waals surface area (Å²) in [5.41, 5.74) is 1.11. The molecule has 0 saturated carbocycles. The summed E-state index contributed by atoms with van der Waals surface area (Å²) in [7, 11) is 1.32. The van der Waals surface area contributed by atoms with Crippen molar-refractivity contribution in [1.29, 1.82) is 0 Å². The highest BCUT2D eigenvalue weighted by Crippen LogP contribution is 2.25. The van der Waals surface area contributed by atoms with Crippen LogP contribution in [0.25, 0.3) is 0 Å². The van der Waals surface area contributed by atoms with Crippen molar-refractivity contribution in [2.24, 2.45) is 0 Å². The van der Waals surface area contributed by atoms with Crippen LogP contribution < -0.4 is 0 Å². The maximum Gasteiger partial charge on any atom is 0.328 e. The van der Waals surface area contributed by atoms with E-state index >= 15 is 0 Å². The molecule has 1 aromatic rings. The maximum atomic E-state index is 12.5. The van der Waals surface area contributed by atoms with E-state index in [1.165, 1.54) is 12.0 Å². The molecule has 0 radical (unpaired) electrons. The Bertz CT molecular complexity index is 527. The lowest BCUT2D eigenvalue weighted by atomic mass is 10.00. The van der Waals surface area contributed by atoms with Crippen molar-refractivity contribution >= 4 is 11.9 Å². The van der Waals surface area contributed by atoms with Crippen LogP contribution in [-0.2, 0) is 9.53 Å². The highest BCUT2D eigenvalue weighted by Gasteiger charge is 2.34. The zero-order valence-corrected chi connectivity index (χ0v) is 11.8. The number of aryl methyl sites for hydroxylation is 1. The van der Waals surface area contributed by atoms with E-state index in [-0.39, 0.29) is 17.2 Å². The summed E-state index contributed by atoms with van der Waals surface area (Å²) in [6, 6.07) is 4.35. The Labute approximate surface area is 118 Å². The van der Waals surface area contributed by atoms with E-state index < -0.39 is 12.0 Å². The summed E-state index contributed by atoms with van der Waals surface area (Å²) in [6.45, 7) is 2.35. The largest absolute Gasteiger partial charge is 0.507 e. The molecule has 0 aliphatic carbocycles. The molecular weight excluding hydrogens is 258 g/mol. The highest BCUT2D eigenvalue weighted by molar-refractivity contribution is 5.99. The number of carbonyl (C=O) groups is 2. The zero-order chi connectivity index (χ0) is 14.7. The molecule has 0 spiro atoms. The number of esters is 1. The van der Waals surface area contributed by atoms with Crippen LogP contribution in [0.5, 0.6) is 5.75 Å². The molecule has 5 heteroatoms. The van der Waals surface area contributed by atoms with Crippen molar-refractivity contribution in [3.8, 4) is 5.75 Å². The molecule has 108 valence electrons. The average molecular weight is 277 g/mol. The number of nitrogens with zero attached hydrogens (tertiary/aromatic N) is 1. The number of ether oxygens (including phenoxy) is 1. The predicted molar refractivity (Wildman–Crippen MR) is 73.5 cm³/mol. The Morgan fingerprint density at radius 1 is 1.35 bits per heavy atom. The van der Waals surface area contributed by atoms with Crippen molar-refractivity contribution < 1.29 is 19.4 Å². The number of likely N-dealkylation sites (tertiary alicyclic amines) is 1. The minimum absolute atomic E-state index is 0.0517. The Morgan fingerprint density at radius 2 is 2.10 bits per heavy atom.